The SMILES string of the molecule is O=C(CBr)c1cc(OCc2ccccc2)no1. The van der Waals surface area contributed by atoms with Gasteiger partial charge < -0.3 is 9.26 Å². The van der Waals surface area contributed by atoms with Gasteiger partial charge in [0.25, 0.3) is 5.88 Å². The highest BCUT2D eigenvalue weighted by Crippen LogP contribution is 2.14. The lowest BCUT2D eigenvalue weighted by Gasteiger charge is -2.00. The number of rotatable bonds is 5. The fraction of sp³-hybridized carbons (Fsp3) is 0.167. The van der Waals surface area contributed by atoms with E-state index in [1.165, 1.54) is 6.07 Å². The van der Waals surface area contributed by atoms with Gasteiger partial charge in [-0.2, -0.15) is 0 Å². The third-order valence-corrected chi connectivity index (χ3v) is 2.62. The summed E-state index contributed by atoms with van der Waals surface area (Å²) < 4.78 is 10.2. The number of ether oxygens (including phenoxy) is 1. The van der Waals surface area contributed by atoms with E-state index in [4.69, 9.17) is 9.26 Å². The molecule has 0 radical (unpaired) electrons. The van der Waals surface area contributed by atoms with Gasteiger partial charge in [-0.05, 0) is 10.7 Å². The maximum atomic E-state index is 11.3. The van der Waals surface area contributed by atoms with Crippen LogP contribution in [0.15, 0.2) is 40.9 Å². The third-order valence-electron chi connectivity index (χ3n) is 2.11. The van der Waals surface area contributed by atoms with Crippen LogP contribution in [0.2, 0.25) is 0 Å². The minimum absolute atomic E-state index is 0.160. The maximum Gasteiger partial charge on any atom is 0.255 e. The van der Waals surface area contributed by atoms with Crippen molar-refractivity contribution in [3.63, 3.8) is 0 Å². The van der Waals surface area contributed by atoms with Gasteiger partial charge in [0.15, 0.2) is 0 Å². The summed E-state index contributed by atoms with van der Waals surface area (Å²) in [7, 11) is 0. The van der Waals surface area contributed by atoms with Crippen molar-refractivity contribution < 1.29 is 14.1 Å². The van der Waals surface area contributed by atoms with Crippen LogP contribution < -0.4 is 4.74 Å². The van der Waals surface area contributed by atoms with E-state index in [1.807, 2.05) is 30.3 Å². The molecule has 4 nitrogen and oxygen atoms in total. The molecule has 88 valence electrons. The molecular weight excluding hydrogens is 286 g/mol. The number of aromatic nitrogens is 1. The number of nitrogens with zero attached hydrogens (tertiary/aromatic N) is 1. The number of ketones is 1. The number of carbonyl (C=O) groups excluding carboxylic acids is 1. The summed E-state index contributed by atoms with van der Waals surface area (Å²) in [5, 5.41) is 3.87. The zero-order valence-corrected chi connectivity index (χ0v) is 10.5. The monoisotopic (exact) mass is 295 g/mol. The molecule has 0 fully saturated rings. The molecular formula is C12H10BrNO3. The molecule has 2 aromatic rings. The van der Waals surface area contributed by atoms with Gasteiger partial charge in [0.2, 0.25) is 11.5 Å². The Bertz CT molecular complexity index is 495. The van der Waals surface area contributed by atoms with Crippen LogP contribution in [0.1, 0.15) is 16.1 Å². The van der Waals surface area contributed by atoms with Crippen molar-refractivity contribution in [1.29, 1.82) is 0 Å². The van der Waals surface area contributed by atoms with Crippen molar-refractivity contribution >= 4 is 21.7 Å². The molecule has 0 aliphatic heterocycles. The van der Waals surface area contributed by atoms with Crippen LogP contribution in [0.5, 0.6) is 5.88 Å². The van der Waals surface area contributed by atoms with Crippen molar-refractivity contribution in [3.05, 3.63) is 47.7 Å². The predicted octanol–water partition coefficient (Wildman–Crippen LogP) is 2.83. The highest BCUT2D eigenvalue weighted by atomic mass is 79.9. The van der Waals surface area contributed by atoms with Crippen LogP contribution in [0.3, 0.4) is 0 Å². The molecule has 0 unspecified atom stereocenters. The van der Waals surface area contributed by atoms with E-state index in [-0.39, 0.29) is 16.9 Å². The number of carbonyl (C=O) groups is 1. The normalized spacial score (nSPS) is 10.2. The number of alkyl halides is 1. The predicted molar refractivity (Wildman–Crippen MR) is 65.4 cm³/mol. The lowest BCUT2D eigenvalue weighted by molar-refractivity contribution is 0.0984. The molecule has 0 saturated carbocycles. The maximum absolute atomic E-state index is 11.3. The Morgan fingerprint density at radius 2 is 2.12 bits per heavy atom. The van der Waals surface area contributed by atoms with Gasteiger partial charge in [-0.15, -0.1) is 0 Å². The highest BCUT2D eigenvalue weighted by Gasteiger charge is 2.12. The van der Waals surface area contributed by atoms with E-state index in [0.29, 0.717) is 12.5 Å². The summed E-state index contributed by atoms with van der Waals surface area (Å²) >= 11 is 3.06. The first-order chi connectivity index (χ1) is 8.29. The zero-order chi connectivity index (χ0) is 12.1. The standard InChI is InChI=1S/C12H10BrNO3/c13-7-10(15)11-6-12(14-17-11)16-8-9-4-2-1-3-5-9/h1-6H,7-8H2. The lowest BCUT2D eigenvalue weighted by atomic mass is 10.2. The Kier molecular flexibility index (Phi) is 3.93. The molecule has 0 spiro atoms. The second-order valence-corrected chi connectivity index (χ2v) is 3.92. The lowest BCUT2D eigenvalue weighted by Crippen LogP contribution is -1.97. The second kappa shape index (κ2) is 5.63. The number of halogens is 1. The van der Waals surface area contributed by atoms with Gasteiger partial charge in [-0.1, -0.05) is 46.3 Å². The molecule has 0 N–H and O–H groups in total. The van der Waals surface area contributed by atoms with Crippen molar-refractivity contribution in [1.82, 2.24) is 5.16 Å². The molecule has 5 heteroatoms. The van der Waals surface area contributed by atoms with Gasteiger partial charge in [0, 0.05) is 0 Å². The molecule has 1 aromatic heterocycles. The zero-order valence-electron chi connectivity index (χ0n) is 8.93. The van der Waals surface area contributed by atoms with Crippen molar-refractivity contribution in [2.24, 2.45) is 0 Å². The van der Waals surface area contributed by atoms with Crippen LogP contribution in [0.4, 0.5) is 0 Å². The smallest absolute Gasteiger partial charge is 0.255 e. The summed E-state index contributed by atoms with van der Waals surface area (Å²) in [6.07, 6.45) is 0. The molecule has 1 heterocycles. The molecule has 1 aromatic carbocycles. The highest BCUT2D eigenvalue weighted by molar-refractivity contribution is 9.09. The second-order valence-electron chi connectivity index (χ2n) is 3.36. The first-order valence-electron chi connectivity index (χ1n) is 5.02. The van der Waals surface area contributed by atoms with E-state index in [1.54, 1.807) is 0 Å². The quantitative estimate of drug-likeness (QED) is 0.629. The van der Waals surface area contributed by atoms with Gasteiger partial charge in [-0.25, -0.2) is 0 Å². The van der Waals surface area contributed by atoms with E-state index >= 15 is 0 Å². The Balaban J connectivity index is 1.96. The molecule has 0 bridgehead atoms. The summed E-state index contributed by atoms with van der Waals surface area (Å²) in [5.74, 6) is 0.357. The number of hydrogen-bond acceptors (Lipinski definition) is 4. The van der Waals surface area contributed by atoms with Gasteiger partial charge in [0.1, 0.15) is 6.61 Å². The average molecular weight is 296 g/mol. The first kappa shape index (κ1) is 11.9. The average Bonchev–Trinajstić information content (AvgIpc) is 2.85. The van der Waals surface area contributed by atoms with Crippen LogP contribution in [-0.2, 0) is 6.61 Å². The van der Waals surface area contributed by atoms with Crippen molar-refractivity contribution in [2.75, 3.05) is 5.33 Å². The van der Waals surface area contributed by atoms with Gasteiger partial charge >= 0.3 is 0 Å². The van der Waals surface area contributed by atoms with Gasteiger partial charge in [-0.3, -0.25) is 4.79 Å². The Morgan fingerprint density at radius 3 is 2.82 bits per heavy atom. The topological polar surface area (TPSA) is 52.3 Å². The Hall–Kier alpha value is -1.62. The first-order valence-corrected chi connectivity index (χ1v) is 6.14. The van der Waals surface area contributed by atoms with E-state index in [9.17, 15) is 4.79 Å². The van der Waals surface area contributed by atoms with Crippen LogP contribution in [0.25, 0.3) is 0 Å². The minimum atomic E-state index is -0.160. The van der Waals surface area contributed by atoms with Crippen LogP contribution in [0, 0.1) is 0 Å². The molecule has 0 atom stereocenters. The number of Topliss-reactive ketones (excluding diaryl/α,β-unsaturated/α-hetero) is 1. The molecule has 2 rings (SSSR count). The van der Waals surface area contributed by atoms with E-state index in [2.05, 4.69) is 21.1 Å². The summed E-state index contributed by atoms with van der Waals surface area (Å²) in [6.45, 7) is 0.398. The van der Waals surface area contributed by atoms with Gasteiger partial charge in [0.05, 0.1) is 11.4 Å². The largest absolute Gasteiger partial charge is 0.471 e. The molecule has 0 aliphatic rings. The molecule has 0 aliphatic carbocycles. The Morgan fingerprint density at radius 1 is 1.35 bits per heavy atom. The Labute approximate surface area is 107 Å². The fourth-order valence-electron chi connectivity index (χ4n) is 1.26. The number of benzene rings is 1. The summed E-state index contributed by atoms with van der Waals surface area (Å²) in [6, 6.07) is 11.2. The minimum Gasteiger partial charge on any atom is -0.471 e. The molecule has 0 amide bonds. The van der Waals surface area contributed by atoms with Crippen molar-refractivity contribution in [3.8, 4) is 5.88 Å². The fourth-order valence-corrected chi connectivity index (χ4v) is 1.53. The molecule has 0 saturated heterocycles. The number of hydrogen-bond donors (Lipinski definition) is 0. The van der Waals surface area contributed by atoms with Crippen LogP contribution >= 0.6 is 15.9 Å². The summed E-state index contributed by atoms with van der Waals surface area (Å²) in [5.41, 5.74) is 1.03. The van der Waals surface area contributed by atoms with Crippen molar-refractivity contribution in [2.45, 2.75) is 6.61 Å². The van der Waals surface area contributed by atoms with E-state index < -0.39 is 0 Å². The van der Waals surface area contributed by atoms with Crippen LogP contribution in [-0.4, -0.2) is 16.3 Å². The van der Waals surface area contributed by atoms with E-state index in [0.717, 1.165) is 5.56 Å². The molecule has 17 heavy (non-hydrogen) atoms. The summed E-state index contributed by atoms with van der Waals surface area (Å²) in [4.78, 5) is 11.3. The third kappa shape index (κ3) is 3.17.